The molecule has 11 atom stereocenters. The van der Waals surface area contributed by atoms with Crippen molar-refractivity contribution in [3.05, 3.63) is 0 Å². The quantitative estimate of drug-likeness (QED) is 0.601. The van der Waals surface area contributed by atoms with Crippen LogP contribution < -0.4 is 0 Å². The summed E-state index contributed by atoms with van der Waals surface area (Å²) >= 11 is 0. The van der Waals surface area contributed by atoms with Crippen LogP contribution in [0.1, 0.15) is 91.9 Å². The lowest BCUT2D eigenvalue weighted by molar-refractivity contribution is -0.203. The molecule has 0 saturated heterocycles. The first-order chi connectivity index (χ1) is 13.8. The highest BCUT2D eigenvalue weighted by Gasteiger charge is 2.64. The van der Waals surface area contributed by atoms with E-state index < -0.39 is 0 Å². The number of aliphatic hydroxyl groups excluding tert-OH is 3. The highest BCUT2D eigenvalue weighted by Crippen LogP contribution is 2.69. The van der Waals surface area contributed by atoms with Gasteiger partial charge in [-0.2, -0.15) is 0 Å². The number of hydrogen-bond acceptors (Lipinski definition) is 3. The second-order valence-electron chi connectivity index (χ2n) is 12.0. The lowest BCUT2D eigenvalue weighted by atomic mass is 9.41. The number of aliphatic hydroxyl groups is 3. The van der Waals surface area contributed by atoms with Gasteiger partial charge in [0.15, 0.2) is 0 Å². The van der Waals surface area contributed by atoms with Gasteiger partial charge in [0.1, 0.15) is 0 Å². The Balaban J connectivity index is 1.63. The van der Waals surface area contributed by atoms with Crippen LogP contribution in [0.3, 0.4) is 0 Å². The van der Waals surface area contributed by atoms with Crippen LogP contribution in [0.5, 0.6) is 0 Å². The maximum absolute atomic E-state index is 11.7. The van der Waals surface area contributed by atoms with E-state index in [-0.39, 0.29) is 12.2 Å². The molecular weight excluding hydrogens is 360 g/mol. The molecule has 0 radical (unpaired) electrons. The average molecular weight is 407 g/mol. The van der Waals surface area contributed by atoms with Crippen LogP contribution in [0.15, 0.2) is 0 Å². The summed E-state index contributed by atoms with van der Waals surface area (Å²) in [5.41, 5.74) is 0.651. The summed E-state index contributed by atoms with van der Waals surface area (Å²) in [5.74, 6) is 3.97. The van der Waals surface area contributed by atoms with Gasteiger partial charge in [0.25, 0.3) is 0 Å². The van der Waals surface area contributed by atoms with Crippen molar-refractivity contribution >= 4 is 0 Å². The predicted octanol–water partition coefficient (Wildman–Crippen LogP) is 5.02. The Hall–Kier alpha value is -0.120. The van der Waals surface area contributed by atoms with Gasteiger partial charge in [-0.3, -0.25) is 0 Å². The first-order valence-electron chi connectivity index (χ1n) is 12.7. The van der Waals surface area contributed by atoms with Crippen LogP contribution in [0.4, 0.5) is 0 Å². The van der Waals surface area contributed by atoms with Gasteiger partial charge in [-0.25, -0.2) is 0 Å². The second-order valence-corrected chi connectivity index (χ2v) is 12.0. The highest BCUT2D eigenvalue weighted by atomic mass is 16.3. The Kier molecular flexibility index (Phi) is 6.17. The molecule has 0 aromatic rings. The lowest BCUT2D eigenvalue weighted by Gasteiger charge is -2.64. The van der Waals surface area contributed by atoms with Crippen molar-refractivity contribution < 1.29 is 15.3 Å². The predicted molar refractivity (Wildman–Crippen MR) is 117 cm³/mol. The maximum atomic E-state index is 11.7. The van der Waals surface area contributed by atoms with Crippen LogP contribution in [-0.4, -0.2) is 34.1 Å². The largest absolute Gasteiger partial charge is 0.396 e. The minimum atomic E-state index is -0.190. The third-order valence-electron chi connectivity index (χ3n) is 11.0. The fourth-order valence-corrected chi connectivity index (χ4v) is 9.55. The molecule has 168 valence electrons. The highest BCUT2D eigenvalue weighted by molar-refractivity contribution is 5.13. The van der Waals surface area contributed by atoms with Gasteiger partial charge in [0.05, 0.1) is 12.2 Å². The first-order valence-corrected chi connectivity index (χ1v) is 12.7. The van der Waals surface area contributed by atoms with Crippen LogP contribution in [0.2, 0.25) is 0 Å². The second kappa shape index (κ2) is 8.10. The van der Waals surface area contributed by atoms with Gasteiger partial charge in [-0.15, -0.1) is 0 Å². The molecule has 3 nitrogen and oxygen atoms in total. The zero-order valence-electron chi connectivity index (χ0n) is 19.3. The molecule has 4 aliphatic rings. The van der Waals surface area contributed by atoms with E-state index in [0.717, 1.165) is 44.4 Å². The standard InChI is InChI=1S/C26H46O3/c1-5-18-22-15-17(28)10-12-26(22,4)21-11-13-25(3)19(16(2)7-6-14-27)8-9-20(25)23(21)24(18)29/h16-24,27-29H,5-15H2,1-4H3/t16-,17+,18-,19-,20+,21+,22+,23+,24-,25-,26-/m1/s1. The van der Waals surface area contributed by atoms with Gasteiger partial charge in [0, 0.05) is 6.61 Å². The maximum Gasteiger partial charge on any atom is 0.0605 e. The normalized spacial score (nSPS) is 53.1. The van der Waals surface area contributed by atoms with Crippen molar-refractivity contribution in [1.29, 1.82) is 0 Å². The molecule has 0 amide bonds. The Labute approximate surface area is 178 Å². The smallest absolute Gasteiger partial charge is 0.0605 e. The molecule has 0 aromatic carbocycles. The van der Waals surface area contributed by atoms with E-state index in [1.165, 1.54) is 25.7 Å². The summed E-state index contributed by atoms with van der Waals surface area (Å²) in [4.78, 5) is 0. The Morgan fingerprint density at radius 1 is 0.931 bits per heavy atom. The molecule has 0 heterocycles. The van der Waals surface area contributed by atoms with Crippen molar-refractivity contribution in [2.45, 2.75) is 104 Å². The van der Waals surface area contributed by atoms with Crippen molar-refractivity contribution in [3.8, 4) is 0 Å². The molecule has 3 heteroatoms. The fraction of sp³-hybridized carbons (Fsp3) is 1.00. The molecule has 0 unspecified atom stereocenters. The molecular formula is C26H46O3. The summed E-state index contributed by atoms with van der Waals surface area (Å²) < 4.78 is 0. The molecule has 4 fully saturated rings. The molecule has 4 aliphatic carbocycles. The van der Waals surface area contributed by atoms with E-state index in [0.29, 0.717) is 52.9 Å². The van der Waals surface area contributed by atoms with E-state index in [9.17, 15) is 15.3 Å². The zero-order valence-corrected chi connectivity index (χ0v) is 19.3. The van der Waals surface area contributed by atoms with Crippen molar-refractivity contribution in [3.63, 3.8) is 0 Å². The average Bonchev–Trinajstić information content (AvgIpc) is 3.05. The summed E-state index contributed by atoms with van der Waals surface area (Å²) in [6.45, 7) is 10.0. The fourth-order valence-electron chi connectivity index (χ4n) is 9.55. The topological polar surface area (TPSA) is 60.7 Å². The number of hydrogen-bond donors (Lipinski definition) is 3. The van der Waals surface area contributed by atoms with E-state index in [4.69, 9.17) is 0 Å². The van der Waals surface area contributed by atoms with Crippen LogP contribution in [0.25, 0.3) is 0 Å². The zero-order chi connectivity index (χ0) is 21.0. The van der Waals surface area contributed by atoms with Gasteiger partial charge >= 0.3 is 0 Å². The Morgan fingerprint density at radius 2 is 1.62 bits per heavy atom. The monoisotopic (exact) mass is 406 g/mol. The number of fused-ring (bicyclic) bond motifs is 5. The van der Waals surface area contributed by atoms with E-state index in [1.807, 2.05) is 0 Å². The van der Waals surface area contributed by atoms with Crippen molar-refractivity contribution in [1.82, 2.24) is 0 Å². The van der Waals surface area contributed by atoms with E-state index in [2.05, 4.69) is 27.7 Å². The summed E-state index contributed by atoms with van der Waals surface area (Å²) in [7, 11) is 0. The van der Waals surface area contributed by atoms with Crippen molar-refractivity contribution in [2.75, 3.05) is 6.61 Å². The summed E-state index contributed by atoms with van der Waals surface area (Å²) in [5, 5.41) is 31.4. The molecule has 0 spiro atoms. The van der Waals surface area contributed by atoms with Crippen LogP contribution in [0, 0.1) is 52.3 Å². The molecule has 4 rings (SSSR count). The molecule has 0 bridgehead atoms. The lowest BCUT2D eigenvalue weighted by Crippen LogP contribution is -2.62. The van der Waals surface area contributed by atoms with Gasteiger partial charge in [-0.05, 0) is 110 Å². The minimum absolute atomic E-state index is 0.164. The van der Waals surface area contributed by atoms with Gasteiger partial charge in [-0.1, -0.05) is 34.1 Å². The molecule has 0 aliphatic heterocycles. The van der Waals surface area contributed by atoms with Crippen LogP contribution >= 0.6 is 0 Å². The van der Waals surface area contributed by atoms with Crippen LogP contribution in [-0.2, 0) is 0 Å². The molecule has 29 heavy (non-hydrogen) atoms. The third-order valence-corrected chi connectivity index (χ3v) is 11.0. The van der Waals surface area contributed by atoms with E-state index >= 15 is 0 Å². The summed E-state index contributed by atoms with van der Waals surface area (Å²) in [6.07, 6.45) is 10.9. The van der Waals surface area contributed by atoms with Gasteiger partial charge < -0.3 is 15.3 Å². The summed E-state index contributed by atoms with van der Waals surface area (Å²) in [6, 6.07) is 0. The van der Waals surface area contributed by atoms with Crippen molar-refractivity contribution in [2.24, 2.45) is 52.3 Å². The molecule has 4 saturated carbocycles. The van der Waals surface area contributed by atoms with Gasteiger partial charge in [0.2, 0.25) is 0 Å². The molecule has 3 N–H and O–H groups in total. The SMILES string of the molecule is CC[C@H]1[C@@H](O)[C@@H]2[C@H](CC[C@]3(C)[C@@H]([C@H](C)CCCO)CC[C@@H]23)[C@@]2(C)CC[C@H](O)C[C@@H]12. The Bertz CT molecular complexity index is 578. The molecule has 0 aromatic heterocycles. The first kappa shape index (κ1) is 22.1. The minimum Gasteiger partial charge on any atom is -0.396 e. The Morgan fingerprint density at radius 3 is 2.31 bits per heavy atom. The van der Waals surface area contributed by atoms with E-state index in [1.54, 1.807) is 0 Å². The number of rotatable bonds is 5. The third kappa shape index (κ3) is 3.33.